The van der Waals surface area contributed by atoms with E-state index in [0.717, 1.165) is 0 Å². The van der Waals surface area contributed by atoms with Crippen LogP contribution >= 0.6 is 11.6 Å². The lowest BCUT2D eigenvalue weighted by atomic mass is 9.86. The first-order valence-electron chi connectivity index (χ1n) is 9.73. The quantitative estimate of drug-likeness (QED) is 0.722. The number of pyridine rings is 1. The number of nitrogens with one attached hydrogen (secondary N) is 1. The highest BCUT2D eigenvalue weighted by Gasteiger charge is 2.63. The van der Waals surface area contributed by atoms with Crippen LogP contribution in [0, 0.1) is 12.7 Å². The average molecular weight is 465 g/mol. The predicted octanol–water partition coefficient (Wildman–Crippen LogP) is 3.36. The molecule has 1 aromatic heterocycles. The molecule has 1 unspecified atom stereocenters. The first-order chi connectivity index (χ1) is 14.4. The molecule has 0 aliphatic carbocycles. The number of sulfone groups is 1. The molecule has 7 nitrogen and oxygen atoms in total. The zero-order chi connectivity index (χ0) is 22.8. The van der Waals surface area contributed by atoms with E-state index in [0.29, 0.717) is 23.4 Å². The summed E-state index contributed by atoms with van der Waals surface area (Å²) in [5.74, 6) is -1.13. The zero-order valence-corrected chi connectivity index (χ0v) is 18.8. The Morgan fingerprint density at radius 2 is 2.03 bits per heavy atom. The number of benzene rings is 1. The van der Waals surface area contributed by atoms with Crippen molar-refractivity contribution >= 4 is 38.9 Å². The van der Waals surface area contributed by atoms with Gasteiger partial charge in [-0.25, -0.2) is 17.8 Å². The summed E-state index contributed by atoms with van der Waals surface area (Å²) in [6, 6.07) is 5.60. The number of amides is 1. The first-order valence-corrected chi connectivity index (χ1v) is 11.7. The minimum absolute atomic E-state index is 0.0152. The van der Waals surface area contributed by atoms with Crippen LogP contribution in [0.5, 0.6) is 0 Å². The van der Waals surface area contributed by atoms with E-state index >= 15 is 0 Å². The van der Waals surface area contributed by atoms with Crippen LogP contribution in [-0.2, 0) is 15.4 Å². The molecule has 10 heteroatoms. The van der Waals surface area contributed by atoms with E-state index in [4.69, 9.17) is 17.3 Å². The standard InChI is InChI=1S/C21H22ClFN4O3S/c1-11-8-12(22)10-25-17(11)18(28)26-13-4-5-15(23)14(9-13)21(3)16-6-7-20(2,19(24)27-21)31(16,29)30/h4-5,8-10,16H,6-7H2,1-3H3,(H2,24,27)(H,26,28)/t16?,20-,21-/m1/s1. The fourth-order valence-corrected chi connectivity index (χ4v) is 7.30. The minimum Gasteiger partial charge on any atom is -0.386 e. The number of nitrogens with two attached hydrogens (primary N) is 1. The Morgan fingerprint density at radius 3 is 2.71 bits per heavy atom. The largest absolute Gasteiger partial charge is 0.386 e. The monoisotopic (exact) mass is 464 g/mol. The number of halogens is 2. The Hall–Kier alpha value is -2.52. The molecule has 0 saturated carbocycles. The third-order valence-electron chi connectivity index (χ3n) is 6.44. The number of carbonyl (C=O) groups excluding carboxylic acids is 1. The van der Waals surface area contributed by atoms with Gasteiger partial charge in [-0.1, -0.05) is 11.6 Å². The van der Waals surface area contributed by atoms with Gasteiger partial charge in [0, 0.05) is 17.4 Å². The number of aromatic nitrogens is 1. The average Bonchev–Trinajstić information content (AvgIpc) is 2.86. The first kappa shape index (κ1) is 21.7. The third kappa shape index (κ3) is 3.13. The highest BCUT2D eigenvalue weighted by atomic mass is 35.5. The highest BCUT2D eigenvalue weighted by molar-refractivity contribution is 7.94. The molecular formula is C21H22ClFN4O3S. The van der Waals surface area contributed by atoms with Crippen molar-refractivity contribution in [2.24, 2.45) is 10.7 Å². The molecule has 31 heavy (non-hydrogen) atoms. The smallest absolute Gasteiger partial charge is 0.274 e. The molecule has 164 valence electrons. The molecule has 0 radical (unpaired) electrons. The van der Waals surface area contributed by atoms with E-state index in [1.807, 2.05) is 0 Å². The summed E-state index contributed by atoms with van der Waals surface area (Å²) in [5, 5.41) is 2.19. The lowest BCUT2D eigenvalue weighted by Crippen LogP contribution is -2.55. The summed E-state index contributed by atoms with van der Waals surface area (Å²) in [4.78, 5) is 21.2. The molecule has 2 aromatic rings. The van der Waals surface area contributed by atoms with Crippen molar-refractivity contribution in [3.8, 4) is 0 Å². The Balaban J connectivity index is 1.75. The number of fused-ring (bicyclic) bond motifs is 2. The minimum atomic E-state index is -3.67. The molecule has 2 bridgehead atoms. The summed E-state index contributed by atoms with van der Waals surface area (Å²) >= 11 is 5.89. The maximum Gasteiger partial charge on any atom is 0.274 e. The maximum absolute atomic E-state index is 14.9. The second kappa shape index (κ2) is 7.00. The van der Waals surface area contributed by atoms with E-state index in [2.05, 4.69) is 15.3 Å². The second-order valence-electron chi connectivity index (χ2n) is 8.42. The summed E-state index contributed by atoms with van der Waals surface area (Å²) in [5.41, 5.74) is 5.78. The van der Waals surface area contributed by atoms with Crippen molar-refractivity contribution in [2.75, 3.05) is 5.32 Å². The number of rotatable bonds is 3. The van der Waals surface area contributed by atoms with Crippen molar-refractivity contribution in [2.45, 2.75) is 49.1 Å². The fraction of sp³-hybridized carbons (Fsp3) is 0.381. The number of anilines is 1. The molecule has 1 aromatic carbocycles. The van der Waals surface area contributed by atoms with Crippen molar-refractivity contribution in [1.82, 2.24) is 4.98 Å². The van der Waals surface area contributed by atoms with Crippen LogP contribution in [0.2, 0.25) is 5.02 Å². The van der Waals surface area contributed by atoms with E-state index < -0.39 is 37.1 Å². The molecule has 1 fully saturated rings. The van der Waals surface area contributed by atoms with Crippen LogP contribution in [0.4, 0.5) is 10.1 Å². The summed E-state index contributed by atoms with van der Waals surface area (Å²) in [6.07, 6.45) is 2.02. The molecule has 1 amide bonds. The van der Waals surface area contributed by atoms with Crippen LogP contribution < -0.4 is 11.1 Å². The maximum atomic E-state index is 14.9. The molecular weight excluding hydrogens is 443 g/mol. The van der Waals surface area contributed by atoms with Crippen LogP contribution in [-0.4, -0.2) is 35.1 Å². The number of amidine groups is 1. The number of carbonyl (C=O) groups is 1. The van der Waals surface area contributed by atoms with Gasteiger partial charge in [0.2, 0.25) is 0 Å². The summed E-state index contributed by atoms with van der Waals surface area (Å²) < 4.78 is 40.0. The van der Waals surface area contributed by atoms with Gasteiger partial charge in [-0.15, -0.1) is 0 Å². The van der Waals surface area contributed by atoms with Gasteiger partial charge in [-0.2, -0.15) is 0 Å². The number of nitrogens with zero attached hydrogens (tertiary/aromatic N) is 2. The van der Waals surface area contributed by atoms with Crippen LogP contribution in [0.15, 0.2) is 35.5 Å². The van der Waals surface area contributed by atoms with Crippen LogP contribution in [0.1, 0.15) is 48.3 Å². The Labute approximate surface area is 184 Å². The predicted molar refractivity (Wildman–Crippen MR) is 118 cm³/mol. The van der Waals surface area contributed by atoms with Gasteiger partial charge in [0.05, 0.1) is 10.3 Å². The number of hydrogen-bond donors (Lipinski definition) is 2. The third-order valence-corrected chi connectivity index (χ3v) is 9.76. The van der Waals surface area contributed by atoms with E-state index in [-0.39, 0.29) is 22.8 Å². The van der Waals surface area contributed by atoms with Crippen LogP contribution in [0.25, 0.3) is 0 Å². The van der Waals surface area contributed by atoms with Gasteiger partial charge in [-0.3, -0.25) is 9.79 Å². The molecule has 2 aliphatic heterocycles. The second-order valence-corrected chi connectivity index (χ2v) is 11.4. The normalized spacial score (nSPS) is 28.8. The SMILES string of the molecule is Cc1cc(Cl)cnc1C(=O)Nc1ccc(F)c([C@@]2(C)N=C(N)[C@@]3(C)CCC2S3(=O)=O)c1. The van der Waals surface area contributed by atoms with Gasteiger partial charge in [-0.05, 0) is 63.4 Å². The number of aliphatic imine (C=N–C) groups is 1. The van der Waals surface area contributed by atoms with Gasteiger partial charge in [0.25, 0.3) is 5.91 Å². The summed E-state index contributed by atoms with van der Waals surface area (Å²) in [6.45, 7) is 4.84. The molecule has 3 heterocycles. The van der Waals surface area contributed by atoms with Gasteiger partial charge < -0.3 is 11.1 Å². The highest BCUT2D eigenvalue weighted by Crippen LogP contribution is 2.51. The summed E-state index contributed by atoms with van der Waals surface area (Å²) in [7, 11) is -3.67. The van der Waals surface area contributed by atoms with Crippen molar-refractivity contribution < 1.29 is 17.6 Å². The molecule has 3 N–H and O–H groups in total. The Kier molecular flexibility index (Phi) is 4.90. The van der Waals surface area contributed by atoms with E-state index in [1.165, 1.54) is 24.4 Å². The van der Waals surface area contributed by atoms with E-state index in [1.54, 1.807) is 26.8 Å². The number of hydrogen-bond acceptors (Lipinski definition) is 6. The topological polar surface area (TPSA) is 115 Å². The fourth-order valence-electron chi connectivity index (χ4n) is 4.51. The van der Waals surface area contributed by atoms with Crippen molar-refractivity contribution in [3.63, 3.8) is 0 Å². The molecule has 0 spiro atoms. The molecule has 3 atom stereocenters. The molecule has 1 saturated heterocycles. The number of aryl methyl sites for hydroxylation is 1. The lowest BCUT2D eigenvalue weighted by Gasteiger charge is -2.39. The van der Waals surface area contributed by atoms with E-state index in [9.17, 15) is 17.6 Å². The van der Waals surface area contributed by atoms with Crippen molar-refractivity contribution in [1.29, 1.82) is 0 Å². The van der Waals surface area contributed by atoms with Gasteiger partial charge >= 0.3 is 0 Å². The van der Waals surface area contributed by atoms with Gasteiger partial charge in [0.1, 0.15) is 27.6 Å². The van der Waals surface area contributed by atoms with Gasteiger partial charge in [0.15, 0.2) is 9.84 Å². The molecule has 4 rings (SSSR count). The lowest BCUT2D eigenvalue weighted by molar-refractivity contribution is 0.102. The Bertz CT molecular complexity index is 1250. The van der Waals surface area contributed by atoms with Crippen molar-refractivity contribution in [3.05, 3.63) is 58.1 Å². The van der Waals surface area contributed by atoms with Crippen LogP contribution in [0.3, 0.4) is 0 Å². The Morgan fingerprint density at radius 1 is 1.32 bits per heavy atom. The molecule has 2 aliphatic rings. The zero-order valence-electron chi connectivity index (χ0n) is 17.2.